The van der Waals surface area contributed by atoms with Gasteiger partial charge in [-0.2, -0.15) is 0 Å². The number of phenols is 1. The number of rotatable bonds is 4. The number of aliphatic hydroxyl groups excluding tert-OH is 1. The van der Waals surface area contributed by atoms with Crippen molar-refractivity contribution in [3.8, 4) is 5.75 Å². The van der Waals surface area contributed by atoms with Crippen LogP contribution in [0, 0.1) is 5.41 Å². The van der Waals surface area contributed by atoms with E-state index in [1.54, 1.807) is 32.9 Å². The molecule has 0 bridgehead atoms. The fraction of sp³-hybridized carbons (Fsp3) is 0.562. The van der Waals surface area contributed by atoms with E-state index < -0.39 is 11.7 Å². The van der Waals surface area contributed by atoms with Crippen molar-refractivity contribution >= 4 is 11.8 Å². The van der Waals surface area contributed by atoms with E-state index in [-0.39, 0.29) is 17.8 Å². The molecule has 1 aromatic carbocycles. The molecule has 1 aromatic rings. The van der Waals surface area contributed by atoms with Gasteiger partial charge in [-0.05, 0) is 63.1 Å². The van der Waals surface area contributed by atoms with Crippen LogP contribution in [-0.4, -0.2) is 28.5 Å². The molecule has 0 aliphatic heterocycles. The number of aliphatic hydroxyl groups is 1. The second-order valence-corrected chi connectivity index (χ2v) is 6.81. The summed E-state index contributed by atoms with van der Waals surface area (Å²) in [7, 11) is 0. The van der Waals surface area contributed by atoms with Gasteiger partial charge in [-0.3, -0.25) is 5.32 Å². The molecule has 0 heterocycles. The third-order valence-corrected chi connectivity index (χ3v) is 3.57. The Balaban J connectivity index is 2.01. The number of phenolic OH excluding ortho intramolecular Hbond substituents is 1. The summed E-state index contributed by atoms with van der Waals surface area (Å²) in [6, 6.07) is 5.13. The Morgan fingerprint density at radius 1 is 1.38 bits per heavy atom. The minimum Gasteiger partial charge on any atom is -0.506 e. The number of amides is 1. The summed E-state index contributed by atoms with van der Waals surface area (Å²) in [5, 5.41) is 21.9. The van der Waals surface area contributed by atoms with Crippen molar-refractivity contribution in [2.24, 2.45) is 5.41 Å². The van der Waals surface area contributed by atoms with Crippen molar-refractivity contribution in [1.29, 1.82) is 0 Å². The van der Waals surface area contributed by atoms with Crippen molar-refractivity contribution in [3.05, 3.63) is 23.8 Å². The van der Waals surface area contributed by atoms with Crippen molar-refractivity contribution in [1.82, 2.24) is 0 Å². The number of benzene rings is 1. The van der Waals surface area contributed by atoms with Crippen LogP contribution in [0.1, 0.15) is 39.2 Å². The maximum Gasteiger partial charge on any atom is 0.412 e. The van der Waals surface area contributed by atoms with Crippen LogP contribution in [0.25, 0.3) is 0 Å². The quantitative estimate of drug-likeness (QED) is 0.745. The lowest BCUT2D eigenvalue weighted by atomic mass is 9.97. The van der Waals surface area contributed by atoms with E-state index in [0.29, 0.717) is 5.69 Å². The highest BCUT2D eigenvalue weighted by atomic mass is 16.6. The molecule has 1 saturated carbocycles. The SMILES string of the molecule is CC(C)(C)OC(=O)Nc1ccc(CC2(CO)CC2)cc1O. The summed E-state index contributed by atoms with van der Waals surface area (Å²) in [5.74, 6) is 0.00657. The Kier molecular flexibility index (Phi) is 4.14. The van der Waals surface area contributed by atoms with E-state index in [2.05, 4.69) is 5.32 Å². The van der Waals surface area contributed by atoms with E-state index in [1.807, 2.05) is 6.07 Å². The Hall–Kier alpha value is -1.75. The zero-order valence-electron chi connectivity index (χ0n) is 12.8. The third kappa shape index (κ3) is 4.36. The second-order valence-electron chi connectivity index (χ2n) is 6.81. The lowest BCUT2D eigenvalue weighted by molar-refractivity contribution is 0.0635. The predicted octanol–water partition coefficient (Wildman–Crippen LogP) is 3.05. The van der Waals surface area contributed by atoms with E-state index in [0.717, 1.165) is 24.8 Å². The maximum atomic E-state index is 11.7. The molecular weight excluding hydrogens is 270 g/mol. The van der Waals surface area contributed by atoms with Crippen molar-refractivity contribution < 1.29 is 19.7 Å². The molecule has 5 heteroatoms. The van der Waals surface area contributed by atoms with Crippen LogP contribution < -0.4 is 5.32 Å². The maximum absolute atomic E-state index is 11.7. The minimum absolute atomic E-state index is 0.00657. The van der Waals surface area contributed by atoms with Gasteiger partial charge in [0.2, 0.25) is 0 Å². The molecular formula is C16H23NO4. The van der Waals surface area contributed by atoms with Crippen LogP contribution >= 0.6 is 0 Å². The first-order valence-electron chi connectivity index (χ1n) is 7.16. The topological polar surface area (TPSA) is 78.8 Å². The molecule has 116 valence electrons. The van der Waals surface area contributed by atoms with Crippen molar-refractivity contribution in [3.63, 3.8) is 0 Å². The molecule has 1 aliphatic rings. The molecule has 2 rings (SSSR count). The van der Waals surface area contributed by atoms with E-state index >= 15 is 0 Å². The summed E-state index contributed by atoms with van der Waals surface area (Å²) >= 11 is 0. The van der Waals surface area contributed by atoms with Gasteiger partial charge in [-0.25, -0.2) is 4.79 Å². The molecule has 1 amide bonds. The third-order valence-electron chi connectivity index (χ3n) is 3.57. The summed E-state index contributed by atoms with van der Waals surface area (Å²) in [6.07, 6.45) is 2.17. The lowest BCUT2D eigenvalue weighted by Gasteiger charge is -2.20. The molecule has 1 fully saturated rings. The number of carbonyl (C=O) groups is 1. The van der Waals surface area contributed by atoms with Gasteiger partial charge in [0, 0.05) is 6.61 Å². The summed E-state index contributed by atoms with van der Waals surface area (Å²) in [4.78, 5) is 11.7. The first-order chi connectivity index (χ1) is 9.73. The van der Waals surface area contributed by atoms with Crippen LogP contribution in [0.2, 0.25) is 0 Å². The largest absolute Gasteiger partial charge is 0.506 e. The van der Waals surface area contributed by atoms with E-state index in [1.165, 1.54) is 0 Å². The Morgan fingerprint density at radius 3 is 2.52 bits per heavy atom. The zero-order valence-corrected chi connectivity index (χ0v) is 12.8. The number of carbonyl (C=O) groups excluding carboxylic acids is 1. The average molecular weight is 293 g/mol. The number of aromatic hydroxyl groups is 1. The highest BCUT2D eigenvalue weighted by Crippen LogP contribution is 2.48. The number of ether oxygens (including phenoxy) is 1. The standard InChI is InChI=1S/C16H23NO4/c1-15(2,3)21-14(20)17-12-5-4-11(8-13(12)19)9-16(10-18)6-7-16/h4-5,8,18-19H,6-7,9-10H2,1-3H3,(H,17,20). The molecule has 1 aliphatic carbocycles. The smallest absolute Gasteiger partial charge is 0.412 e. The minimum atomic E-state index is -0.598. The zero-order chi connectivity index (χ0) is 15.7. The molecule has 0 aromatic heterocycles. The molecule has 0 spiro atoms. The predicted molar refractivity (Wildman–Crippen MR) is 80.4 cm³/mol. The van der Waals surface area contributed by atoms with Crippen LogP contribution in [0.3, 0.4) is 0 Å². The fourth-order valence-corrected chi connectivity index (χ4v) is 2.21. The summed E-state index contributed by atoms with van der Waals surface area (Å²) in [6.45, 7) is 5.50. The lowest BCUT2D eigenvalue weighted by Crippen LogP contribution is -2.27. The number of anilines is 1. The molecule has 0 saturated heterocycles. The van der Waals surface area contributed by atoms with E-state index in [9.17, 15) is 15.0 Å². The second kappa shape index (κ2) is 5.56. The Labute approximate surface area is 124 Å². The van der Waals surface area contributed by atoms with Crippen LogP contribution in [0.15, 0.2) is 18.2 Å². The van der Waals surface area contributed by atoms with Crippen LogP contribution in [-0.2, 0) is 11.2 Å². The van der Waals surface area contributed by atoms with Gasteiger partial charge < -0.3 is 14.9 Å². The van der Waals surface area contributed by atoms with Gasteiger partial charge in [0.15, 0.2) is 0 Å². The number of hydrogen-bond donors (Lipinski definition) is 3. The first kappa shape index (κ1) is 15.6. The fourth-order valence-electron chi connectivity index (χ4n) is 2.21. The highest BCUT2D eigenvalue weighted by molar-refractivity contribution is 5.86. The van der Waals surface area contributed by atoms with Crippen LogP contribution in [0.4, 0.5) is 10.5 Å². The first-order valence-corrected chi connectivity index (χ1v) is 7.16. The van der Waals surface area contributed by atoms with E-state index in [4.69, 9.17) is 4.74 Å². The van der Waals surface area contributed by atoms with Crippen molar-refractivity contribution in [2.75, 3.05) is 11.9 Å². The summed E-state index contributed by atoms with van der Waals surface area (Å²) < 4.78 is 5.14. The number of nitrogens with one attached hydrogen (secondary N) is 1. The van der Waals surface area contributed by atoms with Gasteiger partial charge in [0.05, 0.1) is 5.69 Å². The molecule has 0 unspecified atom stereocenters. The molecule has 21 heavy (non-hydrogen) atoms. The average Bonchev–Trinajstić information content (AvgIpc) is 3.11. The Morgan fingerprint density at radius 2 is 2.05 bits per heavy atom. The Bertz CT molecular complexity index is 530. The number of hydrogen-bond acceptors (Lipinski definition) is 4. The monoisotopic (exact) mass is 293 g/mol. The van der Waals surface area contributed by atoms with Crippen LogP contribution in [0.5, 0.6) is 5.75 Å². The van der Waals surface area contributed by atoms with Gasteiger partial charge in [-0.15, -0.1) is 0 Å². The normalized spacial score (nSPS) is 16.4. The van der Waals surface area contributed by atoms with Gasteiger partial charge >= 0.3 is 6.09 Å². The molecule has 5 nitrogen and oxygen atoms in total. The van der Waals surface area contributed by atoms with Gasteiger partial charge in [0.25, 0.3) is 0 Å². The molecule has 0 atom stereocenters. The summed E-state index contributed by atoms with van der Waals surface area (Å²) in [5.41, 5.74) is 0.682. The molecule has 3 N–H and O–H groups in total. The van der Waals surface area contributed by atoms with Gasteiger partial charge in [-0.1, -0.05) is 6.07 Å². The highest BCUT2D eigenvalue weighted by Gasteiger charge is 2.41. The molecule has 0 radical (unpaired) electrons. The van der Waals surface area contributed by atoms with Gasteiger partial charge in [0.1, 0.15) is 11.4 Å². The van der Waals surface area contributed by atoms with Crippen molar-refractivity contribution in [2.45, 2.75) is 45.6 Å².